The quantitative estimate of drug-likeness (QED) is 0.766. The lowest BCUT2D eigenvalue weighted by Gasteiger charge is -2.11. The van der Waals surface area contributed by atoms with Crippen molar-refractivity contribution in [2.75, 3.05) is 7.11 Å². The summed E-state index contributed by atoms with van der Waals surface area (Å²) in [6, 6.07) is 8.36. The van der Waals surface area contributed by atoms with Crippen LogP contribution in [0, 0.1) is 26.6 Å². The second-order valence-electron chi connectivity index (χ2n) is 4.97. The Morgan fingerprint density at radius 2 is 1.60 bits per heavy atom. The maximum Gasteiger partial charge on any atom is 0.337 e. The Labute approximate surface area is 118 Å². The first-order chi connectivity index (χ1) is 9.42. The third kappa shape index (κ3) is 2.72. The average Bonchev–Trinajstić information content (AvgIpc) is 2.41. The highest BCUT2D eigenvalue weighted by molar-refractivity contribution is 5.91. The van der Waals surface area contributed by atoms with Crippen molar-refractivity contribution < 1.29 is 13.9 Å². The van der Waals surface area contributed by atoms with Crippen LogP contribution >= 0.6 is 0 Å². The van der Waals surface area contributed by atoms with Crippen LogP contribution in [0.4, 0.5) is 4.39 Å². The van der Waals surface area contributed by atoms with E-state index in [0.717, 1.165) is 16.7 Å². The minimum Gasteiger partial charge on any atom is -0.465 e. The molecule has 0 aliphatic carbocycles. The van der Waals surface area contributed by atoms with Crippen molar-refractivity contribution in [3.63, 3.8) is 0 Å². The molecule has 0 spiro atoms. The van der Waals surface area contributed by atoms with Gasteiger partial charge in [-0.15, -0.1) is 0 Å². The second-order valence-corrected chi connectivity index (χ2v) is 4.97. The average molecular weight is 272 g/mol. The van der Waals surface area contributed by atoms with E-state index in [0.29, 0.717) is 5.56 Å². The fraction of sp³-hybridized carbons (Fsp3) is 0.235. The normalized spacial score (nSPS) is 10.4. The zero-order chi connectivity index (χ0) is 14.9. The van der Waals surface area contributed by atoms with Crippen LogP contribution in [-0.4, -0.2) is 13.1 Å². The molecule has 0 N–H and O–H groups in total. The lowest BCUT2D eigenvalue weighted by atomic mass is 9.94. The van der Waals surface area contributed by atoms with Crippen molar-refractivity contribution >= 4 is 5.97 Å². The summed E-state index contributed by atoms with van der Waals surface area (Å²) in [7, 11) is 1.29. The van der Waals surface area contributed by atoms with Crippen molar-refractivity contribution in [1.82, 2.24) is 0 Å². The van der Waals surface area contributed by atoms with Crippen LogP contribution in [-0.2, 0) is 4.74 Å². The third-order valence-corrected chi connectivity index (χ3v) is 3.47. The zero-order valence-corrected chi connectivity index (χ0v) is 12.1. The highest BCUT2D eigenvalue weighted by Crippen LogP contribution is 2.28. The fourth-order valence-corrected chi connectivity index (χ4v) is 2.25. The number of aryl methyl sites for hydroxylation is 3. The number of carbonyl (C=O) groups excluding carboxylic acids is 1. The largest absolute Gasteiger partial charge is 0.465 e. The molecule has 0 bridgehead atoms. The van der Waals surface area contributed by atoms with Gasteiger partial charge >= 0.3 is 5.97 Å². The summed E-state index contributed by atoms with van der Waals surface area (Å²) >= 11 is 0. The van der Waals surface area contributed by atoms with Crippen LogP contribution in [0.2, 0.25) is 0 Å². The summed E-state index contributed by atoms with van der Waals surface area (Å²) in [5.74, 6) is -0.979. The summed E-state index contributed by atoms with van der Waals surface area (Å²) in [6.45, 7) is 6.03. The molecule has 2 aromatic rings. The predicted octanol–water partition coefficient (Wildman–Crippen LogP) is 4.20. The van der Waals surface area contributed by atoms with E-state index in [9.17, 15) is 9.18 Å². The van der Waals surface area contributed by atoms with Crippen LogP contribution in [0.25, 0.3) is 11.1 Å². The molecule has 0 aromatic heterocycles. The molecule has 0 unspecified atom stereocenters. The molecule has 0 fully saturated rings. The van der Waals surface area contributed by atoms with Gasteiger partial charge in [0.25, 0.3) is 0 Å². The molecule has 0 radical (unpaired) electrons. The molecule has 2 aromatic carbocycles. The maximum absolute atomic E-state index is 13.7. The summed E-state index contributed by atoms with van der Waals surface area (Å²) < 4.78 is 18.4. The molecule has 0 atom stereocenters. The second kappa shape index (κ2) is 5.45. The Bertz CT molecular complexity index is 675. The number of esters is 1. The summed E-state index contributed by atoms with van der Waals surface area (Å²) in [5, 5.41) is 0. The lowest BCUT2D eigenvalue weighted by Crippen LogP contribution is -2.02. The van der Waals surface area contributed by atoms with Gasteiger partial charge in [-0.1, -0.05) is 12.1 Å². The highest BCUT2D eigenvalue weighted by atomic mass is 19.1. The van der Waals surface area contributed by atoms with E-state index in [-0.39, 0.29) is 5.56 Å². The Morgan fingerprint density at radius 1 is 0.950 bits per heavy atom. The number of halogens is 1. The SMILES string of the molecule is COC(=O)c1cc(F)cc(-c2cc(C)c(C)cc2C)c1. The number of benzene rings is 2. The first-order valence-corrected chi connectivity index (χ1v) is 6.39. The minimum absolute atomic E-state index is 0.222. The van der Waals surface area contributed by atoms with E-state index in [2.05, 4.69) is 10.8 Å². The number of hydrogen-bond donors (Lipinski definition) is 0. The number of hydrogen-bond acceptors (Lipinski definition) is 2. The van der Waals surface area contributed by atoms with E-state index < -0.39 is 11.8 Å². The molecule has 104 valence electrons. The van der Waals surface area contributed by atoms with Gasteiger partial charge in [0.2, 0.25) is 0 Å². The first kappa shape index (κ1) is 14.3. The molecule has 0 saturated heterocycles. The minimum atomic E-state index is -0.535. The molecule has 3 heteroatoms. The van der Waals surface area contributed by atoms with Gasteiger partial charge in [0, 0.05) is 0 Å². The fourth-order valence-electron chi connectivity index (χ4n) is 2.25. The zero-order valence-electron chi connectivity index (χ0n) is 12.1. The first-order valence-electron chi connectivity index (χ1n) is 6.39. The van der Waals surface area contributed by atoms with Gasteiger partial charge in [-0.05, 0) is 66.8 Å². The van der Waals surface area contributed by atoms with Gasteiger partial charge in [0.05, 0.1) is 12.7 Å². The van der Waals surface area contributed by atoms with Gasteiger partial charge in [0.1, 0.15) is 5.82 Å². The van der Waals surface area contributed by atoms with E-state index in [4.69, 9.17) is 0 Å². The third-order valence-electron chi connectivity index (χ3n) is 3.47. The number of methoxy groups -OCH3 is 1. The van der Waals surface area contributed by atoms with Crippen molar-refractivity contribution in [3.05, 3.63) is 58.4 Å². The van der Waals surface area contributed by atoms with Gasteiger partial charge < -0.3 is 4.74 Å². The van der Waals surface area contributed by atoms with Crippen molar-refractivity contribution in [1.29, 1.82) is 0 Å². The van der Waals surface area contributed by atoms with Crippen LogP contribution in [0.5, 0.6) is 0 Å². The molecule has 0 amide bonds. The molecular weight excluding hydrogens is 255 g/mol. The Kier molecular flexibility index (Phi) is 3.89. The molecule has 0 aliphatic heterocycles. The molecule has 0 heterocycles. The van der Waals surface area contributed by atoms with Gasteiger partial charge in [0.15, 0.2) is 0 Å². The summed E-state index contributed by atoms with van der Waals surface area (Å²) in [4.78, 5) is 11.6. The summed E-state index contributed by atoms with van der Waals surface area (Å²) in [6.07, 6.45) is 0. The topological polar surface area (TPSA) is 26.3 Å². The Hall–Kier alpha value is -2.16. The summed E-state index contributed by atoms with van der Waals surface area (Å²) in [5.41, 5.74) is 5.21. The predicted molar refractivity (Wildman–Crippen MR) is 77.4 cm³/mol. The monoisotopic (exact) mass is 272 g/mol. The van der Waals surface area contributed by atoms with E-state index in [1.54, 1.807) is 6.07 Å². The van der Waals surface area contributed by atoms with Crippen LogP contribution in [0.1, 0.15) is 27.0 Å². The molecule has 2 rings (SSSR count). The number of ether oxygens (including phenoxy) is 1. The van der Waals surface area contributed by atoms with Crippen LogP contribution in [0.3, 0.4) is 0 Å². The van der Waals surface area contributed by atoms with Crippen molar-refractivity contribution in [3.8, 4) is 11.1 Å². The van der Waals surface area contributed by atoms with Crippen LogP contribution in [0.15, 0.2) is 30.3 Å². The molecule has 0 aliphatic rings. The van der Waals surface area contributed by atoms with Gasteiger partial charge in [-0.25, -0.2) is 9.18 Å². The molecule has 20 heavy (non-hydrogen) atoms. The van der Waals surface area contributed by atoms with Gasteiger partial charge in [-0.3, -0.25) is 0 Å². The maximum atomic E-state index is 13.7. The van der Waals surface area contributed by atoms with E-state index in [1.165, 1.54) is 24.8 Å². The van der Waals surface area contributed by atoms with E-state index in [1.807, 2.05) is 26.8 Å². The smallest absolute Gasteiger partial charge is 0.337 e. The number of rotatable bonds is 2. The highest BCUT2D eigenvalue weighted by Gasteiger charge is 2.12. The molecule has 0 saturated carbocycles. The standard InChI is InChI=1S/C17H17FO2/c1-10-5-12(3)16(6-11(10)2)13-7-14(17(19)20-4)9-15(18)8-13/h5-9H,1-4H3. The number of carbonyl (C=O) groups is 1. The van der Waals surface area contributed by atoms with Crippen LogP contribution < -0.4 is 0 Å². The molecule has 2 nitrogen and oxygen atoms in total. The van der Waals surface area contributed by atoms with Crippen molar-refractivity contribution in [2.24, 2.45) is 0 Å². The Morgan fingerprint density at radius 3 is 2.25 bits per heavy atom. The van der Waals surface area contributed by atoms with E-state index >= 15 is 0 Å². The Balaban J connectivity index is 2.61. The lowest BCUT2D eigenvalue weighted by molar-refractivity contribution is 0.0600. The van der Waals surface area contributed by atoms with Crippen molar-refractivity contribution in [2.45, 2.75) is 20.8 Å². The molecular formula is C17H17FO2. The van der Waals surface area contributed by atoms with Gasteiger partial charge in [-0.2, -0.15) is 0 Å².